The number of carbonyl (C=O) groups excluding carboxylic acids is 2. The van der Waals surface area contributed by atoms with Gasteiger partial charge in [0.1, 0.15) is 19.3 Å². The van der Waals surface area contributed by atoms with Crippen molar-refractivity contribution < 1.29 is 19.1 Å². The minimum absolute atomic E-state index is 0.109. The number of rotatable bonds is 7. The smallest absolute Gasteiger partial charge is 0.408 e. The van der Waals surface area contributed by atoms with E-state index >= 15 is 0 Å². The lowest BCUT2D eigenvalue weighted by atomic mass is 9.84. The number of hydrogen-bond acceptors (Lipinski definition) is 4. The molecule has 1 aliphatic rings. The third-order valence-corrected chi connectivity index (χ3v) is 3.32. The Labute approximate surface area is 120 Å². The fourth-order valence-corrected chi connectivity index (χ4v) is 2.37. The number of ether oxygens (including phenoxy) is 2. The van der Waals surface area contributed by atoms with Crippen molar-refractivity contribution in [2.45, 2.75) is 38.1 Å². The fraction of sp³-hybridized carbons (Fsp3) is 0.600. The summed E-state index contributed by atoms with van der Waals surface area (Å²) < 4.78 is 9.94. The van der Waals surface area contributed by atoms with Gasteiger partial charge >= 0.3 is 12.1 Å². The number of esters is 1. The Kier molecular flexibility index (Phi) is 7.47. The summed E-state index contributed by atoms with van der Waals surface area (Å²) in [5.41, 5.74) is 0. The summed E-state index contributed by atoms with van der Waals surface area (Å²) in [6.07, 6.45) is 7.50. The van der Waals surface area contributed by atoms with Crippen molar-refractivity contribution in [3.05, 3.63) is 25.3 Å². The Morgan fingerprint density at radius 1 is 1.10 bits per heavy atom. The van der Waals surface area contributed by atoms with Crippen LogP contribution in [0.5, 0.6) is 0 Å². The SMILES string of the molecule is C=CCOC(=O)NC(C(=O)OCC=C)C1CCCCC1. The standard InChI is InChI=1S/C15H23NO4/c1-3-10-19-14(17)13(12-8-6-5-7-9-12)16-15(18)20-11-4-2/h3-4,12-13H,1-2,5-11H2,(H,16,18). The lowest BCUT2D eigenvalue weighted by Crippen LogP contribution is -2.47. The van der Waals surface area contributed by atoms with Crippen molar-refractivity contribution in [1.82, 2.24) is 5.32 Å². The molecule has 1 N–H and O–H groups in total. The Morgan fingerprint density at radius 3 is 2.30 bits per heavy atom. The molecular weight excluding hydrogens is 258 g/mol. The molecule has 0 bridgehead atoms. The van der Waals surface area contributed by atoms with Gasteiger partial charge in [0.05, 0.1) is 0 Å². The minimum Gasteiger partial charge on any atom is -0.460 e. The largest absolute Gasteiger partial charge is 0.460 e. The molecule has 112 valence electrons. The molecule has 0 aromatic rings. The van der Waals surface area contributed by atoms with Gasteiger partial charge in [-0.05, 0) is 18.8 Å². The van der Waals surface area contributed by atoms with Crippen LogP contribution < -0.4 is 5.32 Å². The Bertz CT molecular complexity index is 348. The van der Waals surface area contributed by atoms with Crippen LogP contribution in [0.15, 0.2) is 25.3 Å². The predicted molar refractivity (Wildman–Crippen MR) is 76.2 cm³/mol. The highest BCUT2D eigenvalue weighted by Gasteiger charge is 2.32. The number of alkyl carbamates (subject to hydrolysis) is 1. The molecular formula is C15H23NO4. The number of amides is 1. The molecule has 0 spiro atoms. The Balaban J connectivity index is 2.61. The van der Waals surface area contributed by atoms with Crippen LogP contribution in [0.25, 0.3) is 0 Å². The average Bonchev–Trinajstić information content (AvgIpc) is 2.49. The van der Waals surface area contributed by atoms with E-state index in [1.807, 2.05) is 0 Å². The number of nitrogens with one attached hydrogen (secondary N) is 1. The van der Waals surface area contributed by atoms with Crippen molar-refractivity contribution in [3.8, 4) is 0 Å². The molecule has 1 fully saturated rings. The van der Waals surface area contributed by atoms with Crippen molar-refractivity contribution >= 4 is 12.1 Å². The van der Waals surface area contributed by atoms with Gasteiger partial charge < -0.3 is 14.8 Å². The number of carbonyl (C=O) groups is 2. The molecule has 1 unspecified atom stereocenters. The predicted octanol–water partition coefficient (Wildman–Crippen LogP) is 2.58. The van der Waals surface area contributed by atoms with Gasteiger partial charge in [0.2, 0.25) is 0 Å². The van der Waals surface area contributed by atoms with Crippen molar-refractivity contribution in [3.63, 3.8) is 0 Å². The topological polar surface area (TPSA) is 64.6 Å². The summed E-state index contributed by atoms with van der Waals surface area (Å²) in [5.74, 6) is -0.315. The van der Waals surface area contributed by atoms with Gasteiger partial charge in [-0.15, -0.1) is 0 Å². The minimum atomic E-state index is -0.646. The van der Waals surface area contributed by atoms with E-state index < -0.39 is 18.1 Å². The van der Waals surface area contributed by atoms with Gasteiger partial charge in [0.15, 0.2) is 0 Å². The van der Waals surface area contributed by atoms with Gasteiger partial charge in [-0.1, -0.05) is 44.6 Å². The quantitative estimate of drug-likeness (QED) is 0.575. The van der Waals surface area contributed by atoms with Gasteiger partial charge in [-0.25, -0.2) is 9.59 Å². The monoisotopic (exact) mass is 281 g/mol. The molecule has 0 aromatic carbocycles. The molecule has 20 heavy (non-hydrogen) atoms. The van der Waals surface area contributed by atoms with Crippen molar-refractivity contribution in [1.29, 1.82) is 0 Å². The third kappa shape index (κ3) is 5.47. The third-order valence-electron chi connectivity index (χ3n) is 3.32. The molecule has 0 radical (unpaired) electrons. The molecule has 1 aliphatic carbocycles. The van der Waals surface area contributed by atoms with Crippen LogP contribution in [0.4, 0.5) is 4.79 Å². The van der Waals surface area contributed by atoms with Crippen molar-refractivity contribution in [2.24, 2.45) is 5.92 Å². The van der Waals surface area contributed by atoms with Gasteiger partial charge in [-0.2, -0.15) is 0 Å². The van der Waals surface area contributed by atoms with E-state index in [2.05, 4.69) is 18.5 Å². The maximum Gasteiger partial charge on any atom is 0.408 e. The highest BCUT2D eigenvalue weighted by molar-refractivity contribution is 5.81. The molecule has 0 aromatic heterocycles. The molecule has 1 atom stereocenters. The summed E-state index contributed by atoms with van der Waals surface area (Å²) in [4.78, 5) is 23.7. The van der Waals surface area contributed by atoms with E-state index in [1.165, 1.54) is 18.6 Å². The Morgan fingerprint density at radius 2 is 1.70 bits per heavy atom. The van der Waals surface area contributed by atoms with Crippen molar-refractivity contribution in [2.75, 3.05) is 13.2 Å². The zero-order valence-corrected chi connectivity index (χ0v) is 11.8. The van der Waals surface area contributed by atoms with Crippen LogP contribution in [-0.2, 0) is 14.3 Å². The first kappa shape index (κ1) is 16.3. The van der Waals surface area contributed by atoms with E-state index in [0.717, 1.165) is 25.7 Å². The van der Waals surface area contributed by atoms with Crippen LogP contribution in [0, 0.1) is 5.92 Å². The van der Waals surface area contributed by atoms with Crippen LogP contribution in [0.1, 0.15) is 32.1 Å². The average molecular weight is 281 g/mol. The Hall–Kier alpha value is -1.78. The molecule has 1 amide bonds. The molecule has 5 nitrogen and oxygen atoms in total. The normalized spacial score (nSPS) is 16.8. The number of hydrogen-bond donors (Lipinski definition) is 1. The van der Waals surface area contributed by atoms with E-state index in [0.29, 0.717) is 0 Å². The summed E-state index contributed by atoms with van der Waals surface area (Å²) in [7, 11) is 0. The van der Waals surface area contributed by atoms with Gasteiger partial charge in [-0.3, -0.25) is 0 Å². The first-order valence-corrected chi connectivity index (χ1v) is 7.00. The van der Waals surface area contributed by atoms with Gasteiger partial charge in [0.25, 0.3) is 0 Å². The van der Waals surface area contributed by atoms with E-state index in [9.17, 15) is 9.59 Å². The van der Waals surface area contributed by atoms with Crippen LogP contribution in [-0.4, -0.2) is 31.3 Å². The highest BCUT2D eigenvalue weighted by atomic mass is 16.6. The lowest BCUT2D eigenvalue weighted by molar-refractivity contribution is -0.146. The van der Waals surface area contributed by atoms with Gasteiger partial charge in [0, 0.05) is 0 Å². The van der Waals surface area contributed by atoms with Crippen LogP contribution in [0.3, 0.4) is 0 Å². The summed E-state index contributed by atoms with van der Waals surface area (Å²) >= 11 is 0. The molecule has 0 heterocycles. The first-order chi connectivity index (χ1) is 9.69. The van der Waals surface area contributed by atoms with Crippen LogP contribution >= 0.6 is 0 Å². The second kappa shape index (κ2) is 9.18. The first-order valence-electron chi connectivity index (χ1n) is 7.00. The molecule has 1 rings (SSSR count). The zero-order valence-electron chi connectivity index (χ0n) is 11.8. The molecule has 0 saturated heterocycles. The lowest BCUT2D eigenvalue weighted by Gasteiger charge is -2.28. The highest BCUT2D eigenvalue weighted by Crippen LogP contribution is 2.27. The maximum atomic E-state index is 12.1. The summed E-state index contributed by atoms with van der Waals surface area (Å²) in [5, 5.41) is 2.61. The van der Waals surface area contributed by atoms with E-state index in [4.69, 9.17) is 9.47 Å². The van der Waals surface area contributed by atoms with Crippen LogP contribution in [0.2, 0.25) is 0 Å². The molecule has 1 saturated carbocycles. The summed E-state index contributed by atoms with van der Waals surface area (Å²) in [6, 6.07) is -0.646. The second-order valence-electron chi connectivity index (χ2n) is 4.83. The second-order valence-corrected chi connectivity index (χ2v) is 4.83. The van der Waals surface area contributed by atoms with E-state index in [-0.39, 0.29) is 19.1 Å². The zero-order chi connectivity index (χ0) is 14.8. The van der Waals surface area contributed by atoms with E-state index in [1.54, 1.807) is 0 Å². The molecule has 5 heteroatoms. The maximum absolute atomic E-state index is 12.1. The summed E-state index contributed by atoms with van der Waals surface area (Å²) in [6.45, 7) is 7.24. The molecule has 0 aliphatic heterocycles. The fourth-order valence-electron chi connectivity index (χ4n) is 2.37.